The first-order chi connectivity index (χ1) is 10.7. The maximum atomic E-state index is 12.8. The molecule has 0 aliphatic carbocycles. The predicted octanol–water partition coefficient (Wildman–Crippen LogP) is 1.71. The maximum absolute atomic E-state index is 12.8. The Morgan fingerprint density at radius 2 is 2.13 bits per heavy atom. The molecule has 0 aromatic heterocycles. The standard InChI is InChI=1S/C16H22N2O4.ClH/c1-17-12-4-3-5-18(10-12)16(19)11-8-13(20-2)15-14(9-11)21-6-7-22-15;/h8-9,12,17H,3-7,10H2,1-2H3;1H. The van der Waals surface area contributed by atoms with Crippen LogP contribution in [-0.2, 0) is 0 Å². The molecule has 7 heteroatoms. The molecule has 23 heavy (non-hydrogen) atoms. The van der Waals surface area contributed by atoms with Gasteiger partial charge in [-0.3, -0.25) is 4.79 Å². The SMILES string of the molecule is CNC1CCCN(C(=O)c2cc(OC)c3c(c2)OCCO3)C1.Cl. The van der Waals surface area contributed by atoms with Gasteiger partial charge in [0.1, 0.15) is 13.2 Å². The third-order valence-electron chi connectivity index (χ3n) is 4.19. The second-order valence-corrected chi connectivity index (χ2v) is 5.58. The highest BCUT2D eigenvalue weighted by Gasteiger charge is 2.26. The smallest absolute Gasteiger partial charge is 0.254 e. The molecule has 2 heterocycles. The number of carbonyl (C=O) groups is 1. The number of nitrogens with zero attached hydrogens (tertiary/aromatic N) is 1. The summed E-state index contributed by atoms with van der Waals surface area (Å²) >= 11 is 0. The number of nitrogens with one attached hydrogen (secondary N) is 1. The van der Waals surface area contributed by atoms with Gasteiger partial charge in [0.15, 0.2) is 11.5 Å². The van der Waals surface area contributed by atoms with Gasteiger partial charge in [0.2, 0.25) is 5.75 Å². The Labute approximate surface area is 142 Å². The lowest BCUT2D eigenvalue weighted by Gasteiger charge is -2.33. The van der Waals surface area contributed by atoms with Gasteiger partial charge in [0.05, 0.1) is 7.11 Å². The molecule has 3 rings (SSSR count). The summed E-state index contributed by atoms with van der Waals surface area (Å²) in [5.74, 6) is 1.71. The minimum Gasteiger partial charge on any atom is -0.493 e. The van der Waals surface area contributed by atoms with Crippen molar-refractivity contribution in [1.29, 1.82) is 0 Å². The normalized spacial score (nSPS) is 19.7. The number of hydrogen-bond acceptors (Lipinski definition) is 5. The summed E-state index contributed by atoms with van der Waals surface area (Å²) in [6.45, 7) is 2.49. The quantitative estimate of drug-likeness (QED) is 0.906. The zero-order valence-corrected chi connectivity index (χ0v) is 14.3. The summed E-state index contributed by atoms with van der Waals surface area (Å²) in [5.41, 5.74) is 0.581. The Balaban J connectivity index is 0.00000192. The average Bonchev–Trinajstić information content (AvgIpc) is 2.60. The number of ether oxygens (including phenoxy) is 3. The molecule has 0 bridgehead atoms. The molecule has 6 nitrogen and oxygen atoms in total. The Bertz CT molecular complexity index is 550. The van der Waals surface area contributed by atoms with Crippen LogP contribution in [0, 0.1) is 0 Å². The Kier molecular flexibility index (Phi) is 5.96. The van der Waals surface area contributed by atoms with Crippen molar-refractivity contribution >= 4 is 18.3 Å². The fraction of sp³-hybridized carbons (Fsp3) is 0.562. The first kappa shape index (κ1) is 17.7. The van der Waals surface area contributed by atoms with E-state index in [0.29, 0.717) is 42.1 Å². The van der Waals surface area contributed by atoms with Crippen LogP contribution >= 0.6 is 12.4 Å². The third kappa shape index (κ3) is 3.64. The van der Waals surface area contributed by atoms with Crippen LogP contribution in [0.25, 0.3) is 0 Å². The van der Waals surface area contributed by atoms with Crippen molar-refractivity contribution in [1.82, 2.24) is 10.2 Å². The Hall–Kier alpha value is -1.66. The number of hydrogen-bond donors (Lipinski definition) is 1. The molecular weight excluding hydrogens is 320 g/mol. The van der Waals surface area contributed by atoms with Gasteiger partial charge in [-0.05, 0) is 32.0 Å². The van der Waals surface area contributed by atoms with E-state index in [-0.39, 0.29) is 18.3 Å². The summed E-state index contributed by atoms with van der Waals surface area (Å²) in [7, 11) is 3.51. The molecule has 1 fully saturated rings. The molecule has 1 atom stereocenters. The molecular formula is C16H23ClN2O4. The fourth-order valence-corrected chi connectivity index (χ4v) is 2.98. The van der Waals surface area contributed by atoms with Crippen LogP contribution in [0.2, 0.25) is 0 Å². The third-order valence-corrected chi connectivity index (χ3v) is 4.19. The Morgan fingerprint density at radius 1 is 1.35 bits per heavy atom. The van der Waals surface area contributed by atoms with Gasteiger partial charge in [0, 0.05) is 24.7 Å². The molecule has 2 aliphatic rings. The van der Waals surface area contributed by atoms with Crippen LogP contribution in [0.4, 0.5) is 0 Å². The van der Waals surface area contributed by atoms with E-state index in [1.807, 2.05) is 11.9 Å². The molecule has 0 radical (unpaired) electrons. The molecule has 0 spiro atoms. The van der Waals surface area contributed by atoms with Gasteiger partial charge >= 0.3 is 0 Å². The van der Waals surface area contributed by atoms with Crippen LogP contribution in [0.5, 0.6) is 17.2 Å². The van der Waals surface area contributed by atoms with E-state index in [2.05, 4.69) is 5.32 Å². The highest BCUT2D eigenvalue weighted by Crippen LogP contribution is 2.40. The lowest BCUT2D eigenvalue weighted by atomic mass is 10.0. The summed E-state index contributed by atoms with van der Waals surface area (Å²) in [6.07, 6.45) is 2.11. The molecule has 1 saturated heterocycles. The predicted molar refractivity (Wildman–Crippen MR) is 89.2 cm³/mol. The molecule has 0 saturated carbocycles. The highest BCUT2D eigenvalue weighted by molar-refractivity contribution is 5.95. The maximum Gasteiger partial charge on any atom is 0.254 e. The number of amides is 1. The molecule has 1 aromatic rings. The summed E-state index contributed by atoms with van der Waals surface area (Å²) in [5, 5.41) is 3.25. The number of fused-ring (bicyclic) bond motifs is 1. The van der Waals surface area contributed by atoms with Gasteiger partial charge < -0.3 is 24.4 Å². The first-order valence-electron chi connectivity index (χ1n) is 7.67. The lowest BCUT2D eigenvalue weighted by Crippen LogP contribution is -2.46. The molecule has 1 amide bonds. The fourth-order valence-electron chi connectivity index (χ4n) is 2.98. The van der Waals surface area contributed by atoms with E-state index < -0.39 is 0 Å². The van der Waals surface area contributed by atoms with Crippen LogP contribution in [0.15, 0.2) is 12.1 Å². The van der Waals surface area contributed by atoms with Crippen molar-refractivity contribution in [2.75, 3.05) is 40.5 Å². The van der Waals surface area contributed by atoms with E-state index in [0.717, 1.165) is 25.9 Å². The van der Waals surface area contributed by atoms with Gasteiger partial charge in [-0.15, -0.1) is 12.4 Å². The number of halogens is 1. The molecule has 128 valence electrons. The largest absolute Gasteiger partial charge is 0.493 e. The van der Waals surface area contributed by atoms with E-state index in [4.69, 9.17) is 14.2 Å². The zero-order valence-electron chi connectivity index (χ0n) is 13.5. The van der Waals surface area contributed by atoms with Crippen molar-refractivity contribution in [3.8, 4) is 17.2 Å². The van der Waals surface area contributed by atoms with Gasteiger partial charge in [0.25, 0.3) is 5.91 Å². The zero-order chi connectivity index (χ0) is 15.5. The number of benzene rings is 1. The number of carbonyl (C=O) groups excluding carboxylic acids is 1. The number of methoxy groups -OCH3 is 1. The summed E-state index contributed by atoms with van der Waals surface area (Å²) in [6, 6.07) is 3.85. The van der Waals surface area contributed by atoms with E-state index in [9.17, 15) is 4.79 Å². The molecule has 1 unspecified atom stereocenters. The molecule has 1 aromatic carbocycles. The minimum absolute atomic E-state index is 0. The second-order valence-electron chi connectivity index (χ2n) is 5.58. The number of piperidine rings is 1. The summed E-state index contributed by atoms with van der Waals surface area (Å²) in [4.78, 5) is 14.6. The summed E-state index contributed by atoms with van der Waals surface area (Å²) < 4.78 is 16.5. The van der Waals surface area contributed by atoms with Crippen LogP contribution in [-0.4, -0.2) is 57.3 Å². The molecule has 2 aliphatic heterocycles. The van der Waals surface area contributed by atoms with Crippen LogP contribution in [0.3, 0.4) is 0 Å². The molecule has 1 N–H and O–H groups in total. The van der Waals surface area contributed by atoms with Crippen molar-refractivity contribution in [2.45, 2.75) is 18.9 Å². The first-order valence-corrected chi connectivity index (χ1v) is 7.67. The number of likely N-dealkylation sites (tertiary alicyclic amines) is 1. The average molecular weight is 343 g/mol. The van der Waals surface area contributed by atoms with E-state index in [1.165, 1.54) is 0 Å². The highest BCUT2D eigenvalue weighted by atomic mass is 35.5. The van der Waals surface area contributed by atoms with Crippen LogP contribution < -0.4 is 19.5 Å². The van der Waals surface area contributed by atoms with Crippen molar-refractivity contribution in [2.24, 2.45) is 0 Å². The monoisotopic (exact) mass is 342 g/mol. The lowest BCUT2D eigenvalue weighted by molar-refractivity contribution is 0.0696. The van der Waals surface area contributed by atoms with Crippen LogP contribution in [0.1, 0.15) is 23.2 Å². The number of rotatable bonds is 3. The van der Waals surface area contributed by atoms with Crippen molar-refractivity contribution in [3.05, 3.63) is 17.7 Å². The Morgan fingerprint density at radius 3 is 2.87 bits per heavy atom. The van der Waals surface area contributed by atoms with E-state index >= 15 is 0 Å². The van der Waals surface area contributed by atoms with Gasteiger partial charge in [-0.25, -0.2) is 0 Å². The van der Waals surface area contributed by atoms with Crippen molar-refractivity contribution in [3.63, 3.8) is 0 Å². The van der Waals surface area contributed by atoms with Gasteiger partial charge in [-0.1, -0.05) is 0 Å². The minimum atomic E-state index is 0. The van der Waals surface area contributed by atoms with Gasteiger partial charge in [-0.2, -0.15) is 0 Å². The second kappa shape index (κ2) is 7.75. The number of likely N-dealkylation sites (N-methyl/N-ethyl adjacent to an activating group) is 1. The topological polar surface area (TPSA) is 60.0 Å². The van der Waals surface area contributed by atoms with Crippen molar-refractivity contribution < 1.29 is 19.0 Å². The van der Waals surface area contributed by atoms with E-state index in [1.54, 1.807) is 19.2 Å².